The van der Waals surface area contributed by atoms with Crippen molar-refractivity contribution in [1.82, 2.24) is 10.2 Å². The Labute approximate surface area is 140 Å². The molecule has 5 heteroatoms. The van der Waals surface area contributed by atoms with Gasteiger partial charge in [-0.3, -0.25) is 0 Å². The quantitative estimate of drug-likeness (QED) is 0.779. The number of ether oxygens (including phenoxy) is 2. The van der Waals surface area contributed by atoms with Crippen LogP contribution in [0.15, 0.2) is 24.3 Å². The molecule has 0 aliphatic carbocycles. The fourth-order valence-corrected chi connectivity index (χ4v) is 2.08. The van der Waals surface area contributed by atoms with Crippen LogP contribution in [0.4, 0.5) is 4.79 Å². The predicted molar refractivity (Wildman–Crippen MR) is 92.9 cm³/mol. The van der Waals surface area contributed by atoms with Crippen LogP contribution in [-0.4, -0.2) is 43.8 Å². The zero-order valence-electron chi connectivity index (χ0n) is 15.2. The smallest absolute Gasteiger partial charge is 0.410 e. The van der Waals surface area contributed by atoms with E-state index < -0.39 is 5.60 Å². The molecule has 0 unspecified atom stereocenters. The number of methoxy groups -OCH3 is 1. The van der Waals surface area contributed by atoms with Gasteiger partial charge in [-0.25, -0.2) is 4.79 Å². The van der Waals surface area contributed by atoms with Crippen molar-refractivity contribution in [2.75, 3.05) is 27.2 Å². The molecule has 0 aromatic heterocycles. The van der Waals surface area contributed by atoms with Crippen LogP contribution in [-0.2, 0) is 4.74 Å². The van der Waals surface area contributed by atoms with Crippen LogP contribution in [0.2, 0.25) is 0 Å². The van der Waals surface area contributed by atoms with Crippen LogP contribution < -0.4 is 10.1 Å². The molecule has 0 heterocycles. The van der Waals surface area contributed by atoms with Crippen molar-refractivity contribution in [1.29, 1.82) is 0 Å². The van der Waals surface area contributed by atoms with Crippen LogP contribution in [0.3, 0.4) is 0 Å². The molecule has 1 aromatic rings. The van der Waals surface area contributed by atoms with Crippen molar-refractivity contribution in [2.45, 2.75) is 45.8 Å². The van der Waals surface area contributed by atoms with E-state index in [1.807, 2.05) is 32.9 Å². The Morgan fingerprint density at radius 1 is 1.26 bits per heavy atom. The fourth-order valence-electron chi connectivity index (χ4n) is 2.08. The molecule has 0 saturated heterocycles. The first-order valence-corrected chi connectivity index (χ1v) is 8.04. The summed E-state index contributed by atoms with van der Waals surface area (Å²) >= 11 is 0. The number of rotatable bonds is 7. The second-order valence-electron chi connectivity index (χ2n) is 6.70. The van der Waals surface area contributed by atoms with Crippen molar-refractivity contribution >= 4 is 6.09 Å². The van der Waals surface area contributed by atoms with Gasteiger partial charge in [0, 0.05) is 19.6 Å². The summed E-state index contributed by atoms with van der Waals surface area (Å²) in [6.07, 6.45) is 0.594. The molecule has 130 valence electrons. The molecule has 0 saturated carbocycles. The summed E-state index contributed by atoms with van der Waals surface area (Å²) in [7, 11) is 3.43. The Morgan fingerprint density at radius 2 is 1.87 bits per heavy atom. The number of benzene rings is 1. The third-order valence-corrected chi connectivity index (χ3v) is 3.44. The zero-order chi connectivity index (χ0) is 17.5. The van der Waals surface area contributed by atoms with Gasteiger partial charge in [-0.05, 0) is 58.4 Å². The van der Waals surface area contributed by atoms with E-state index in [-0.39, 0.29) is 12.1 Å². The number of amides is 1. The fraction of sp³-hybridized carbons (Fsp3) is 0.611. The highest BCUT2D eigenvalue weighted by atomic mass is 16.6. The highest BCUT2D eigenvalue weighted by Gasteiger charge is 2.19. The molecule has 5 nitrogen and oxygen atoms in total. The molecule has 1 N–H and O–H groups in total. The third-order valence-electron chi connectivity index (χ3n) is 3.44. The third kappa shape index (κ3) is 7.37. The molecule has 0 aliphatic rings. The average molecular weight is 322 g/mol. The summed E-state index contributed by atoms with van der Waals surface area (Å²) < 4.78 is 10.5. The van der Waals surface area contributed by atoms with Gasteiger partial charge < -0.3 is 19.7 Å². The normalized spacial score (nSPS) is 12.6. The predicted octanol–water partition coefficient (Wildman–Crippen LogP) is 3.60. The Kier molecular flexibility index (Phi) is 7.36. The molecule has 0 bridgehead atoms. The van der Waals surface area contributed by atoms with Gasteiger partial charge in [0.25, 0.3) is 0 Å². The average Bonchev–Trinajstić information content (AvgIpc) is 2.49. The molecule has 1 rings (SSSR count). The van der Waals surface area contributed by atoms with E-state index in [2.05, 4.69) is 24.4 Å². The van der Waals surface area contributed by atoms with Gasteiger partial charge in [0.1, 0.15) is 11.4 Å². The maximum Gasteiger partial charge on any atom is 0.410 e. The number of nitrogens with one attached hydrogen (secondary N) is 1. The van der Waals surface area contributed by atoms with Gasteiger partial charge in [0.05, 0.1) is 7.11 Å². The minimum atomic E-state index is -0.452. The maximum atomic E-state index is 11.8. The lowest BCUT2D eigenvalue weighted by Crippen LogP contribution is -2.35. The number of hydrogen-bond acceptors (Lipinski definition) is 4. The molecular weight excluding hydrogens is 292 g/mol. The Balaban J connectivity index is 2.29. The Morgan fingerprint density at radius 3 is 2.39 bits per heavy atom. The summed E-state index contributed by atoms with van der Waals surface area (Å²) in [5, 5.41) is 3.46. The first-order chi connectivity index (χ1) is 10.7. The van der Waals surface area contributed by atoms with Gasteiger partial charge in [-0.15, -0.1) is 0 Å². The molecule has 1 aromatic carbocycles. The molecule has 0 spiro atoms. The van der Waals surface area contributed by atoms with E-state index in [9.17, 15) is 4.79 Å². The van der Waals surface area contributed by atoms with Crippen molar-refractivity contribution < 1.29 is 14.3 Å². The Hall–Kier alpha value is -1.75. The standard InChI is InChI=1S/C18H30N2O3/c1-14(15-8-10-16(22-6)11-9-15)19-12-7-13-20(5)17(21)23-18(2,3)4/h8-11,14,19H,7,12-13H2,1-6H3/t14-/m1/s1. The summed E-state index contributed by atoms with van der Waals surface area (Å²) in [6, 6.07) is 8.30. The van der Waals surface area contributed by atoms with Crippen LogP contribution in [0.25, 0.3) is 0 Å². The zero-order valence-corrected chi connectivity index (χ0v) is 15.2. The largest absolute Gasteiger partial charge is 0.497 e. The molecule has 23 heavy (non-hydrogen) atoms. The van der Waals surface area contributed by atoms with Crippen molar-refractivity contribution in [3.8, 4) is 5.75 Å². The van der Waals surface area contributed by atoms with Crippen LogP contribution >= 0.6 is 0 Å². The van der Waals surface area contributed by atoms with Gasteiger partial charge >= 0.3 is 6.09 Å². The van der Waals surface area contributed by atoms with Gasteiger partial charge in [0.15, 0.2) is 0 Å². The van der Waals surface area contributed by atoms with Crippen LogP contribution in [0.1, 0.15) is 45.7 Å². The minimum Gasteiger partial charge on any atom is -0.497 e. The topological polar surface area (TPSA) is 50.8 Å². The van der Waals surface area contributed by atoms with Crippen LogP contribution in [0.5, 0.6) is 5.75 Å². The molecule has 1 amide bonds. The van der Waals surface area contributed by atoms with E-state index in [0.717, 1.165) is 18.7 Å². The summed E-state index contributed by atoms with van der Waals surface area (Å²) in [4.78, 5) is 13.5. The van der Waals surface area contributed by atoms with E-state index in [4.69, 9.17) is 9.47 Å². The minimum absolute atomic E-state index is 0.257. The lowest BCUT2D eigenvalue weighted by atomic mass is 10.1. The Bertz CT molecular complexity index is 480. The number of carbonyl (C=O) groups is 1. The molecular formula is C18H30N2O3. The summed E-state index contributed by atoms with van der Waals surface area (Å²) in [6.45, 7) is 9.24. The van der Waals surface area contributed by atoms with Gasteiger partial charge in [-0.2, -0.15) is 0 Å². The summed E-state index contributed by atoms with van der Waals surface area (Å²) in [5.74, 6) is 0.861. The first kappa shape index (κ1) is 19.3. The molecule has 0 fully saturated rings. The van der Waals surface area contributed by atoms with Gasteiger partial charge in [0.2, 0.25) is 0 Å². The SMILES string of the molecule is COc1ccc([C@@H](C)NCCCN(C)C(=O)OC(C)(C)C)cc1. The van der Waals surface area contributed by atoms with Crippen molar-refractivity contribution in [2.24, 2.45) is 0 Å². The number of hydrogen-bond donors (Lipinski definition) is 1. The highest BCUT2D eigenvalue weighted by Crippen LogP contribution is 2.17. The van der Waals surface area contributed by atoms with E-state index in [1.165, 1.54) is 5.56 Å². The van der Waals surface area contributed by atoms with Gasteiger partial charge in [-0.1, -0.05) is 12.1 Å². The molecule has 0 radical (unpaired) electrons. The van der Waals surface area contributed by atoms with E-state index in [0.29, 0.717) is 6.54 Å². The lowest BCUT2D eigenvalue weighted by Gasteiger charge is -2.24. The molecule has 1 atom stereocenters. The second kappa shape index (κ2) is 8.77. The van der Waals surface area contributed by atoms with Crippen molar-refractivity contribution in [3.63, 3.8) is 0 Å². The maximum absolute atomic E-state index is 11.8. The van der Waals surface area contributed by atoms with Crippen molar-refractivity contribution in [3.05, 3.63) is 29.8 Å². The highest BCUT2D eigenvalue weighted by molar-refractivity contribution is 5.67. The second-order valence-corrected chi connectivity index (χ2v) is 6.70. The van der Waals surface area contributed by atoms with E-state index in [1.54, 1.807) is 19.1 Å². The lowest BCUT2D eigenvalue weighted by molar-refractivity contribution is 0.0297. The monoisotopic (exact) mass is 322 g/mol. The number of nitrogens with zero attached hydrogens (tertiary/aromatic N) is 1. The molecule has 0 aliphatic heterocycles. The van der Waals surface area contributed by atoms with Crippen LogP contribution in [0, 0.1) is 0 Å². The van der Waals surface area contributed by atoms with E-state index >= 15 is 0 Å². The number of carbonyl (C=O) groups excluding carboxylic acids is 1. The first-order valence-electron chi connectivity index (χ1n) is 8.04. The summed E-state index contributed by atoms with van der Waals surface area (Å²) in [5.41, 5.74) is 0.762.